The molecule has 18 heteroatoms. The lowest BCUT2D eigenvalue weighted by atomic mass is 9.77. The maximum Gasteiger partial charge on any atom is 0.311 e. The Kier molecular flexibility index (Phi) is 16.7. The molecular formula is C68H98O18. The molecule has 0 aromatic heterocycles. The van der Waals surface area contributed by atoms with E-state index >= 15 is 0 Å². The van der Waals surface area contributed by atoms with Crippen LogP contribution in [0, 0.1) is 99.1 Å². The van der Waals surface area contributed by atoms with E-state index in [1.54, 1.807) is 0 Å². The van der Waals surface area contributed by atoms with Gasteiger partial charge in [0.25, 0.3) is 0 Å². The Labute approximate surface area is 508 Å². The molecule has 0 aromatic rings. The van der Waals surface area contributed by atoms with E-state index < -0.39 is 99.6 Å². The number of hydrogen-bond donors (Lipinski definition) is 0. The van der Waals surface area contributed by atoms with Gasteiger partial charge in [0.05, 0.1) is 51.8 Å². The van der Waals surface area contributed by atoms with E-state index in [2.05, 4.69) is 13.8 Å². The van der Waals surface area contributed by atoms with Crippen LogP contribution in [0.25, 0.3) is 0 Å². The fourth-order valence-electron chi connectivity index (χ4n) is 18.5. The maximum absolute atomic E-state index is 13.5. The first kappa shape index (κ1) is 62.8. The fourth-order valence-corrected chi connectivity index (χ4v) is 18.5. The molecule has 21 atom stereocenters. The summed E-state index contributed by atoms with van der Waals surface area (Å²) >= 11 is 0. The summed E-state index contributed by atoms with van der Waals surface area (Å²) in [4.78, 5) is 116. The van der Waals surface area contributed by atoms with Gasteiger partial charge < -0.3 is 42.6 Å². The van der Waals surface area contributed by atoms with Crippen molar-refractivity contribution in [3.8, 4) is 0 Å². The average molecular weight is 1200 g/mol. The SMILES string of the molecule is CCC(C)(C)C(=O)OC1C2CC3C1OC(=O)C3C2C(=O)OC1(C)CCCCC1.CCC(C)(C)C(=O)OC1C2CC3C1OC(=O)C3C2C(=O)OC1(CC)CC2CCC1C2.CCC1(OC(=O)C2C3CC4C(OC(=O)C42)C3OC(=O)C(C)(C)CC)CCCC1. The molecule has 3 heterocycles. The zero-order chi connectivity index (χ0) is 62.0. The molecule has 0 spiro atoms. The molecule has 8 bridgehead atoms. The van der Waals surface area contributed by atoms with Gasteiger partial charge in [-0.05, 0) is 189 Å². The smallest absolute Gasteiger partial charge is 0.311 e. The van der Waals surface area contributed by atoms with Gasteiger partial charge in [-0.1, -0.05) is 41.0 Å². The van der Waals surface area contributed by atoms with Gasteiger partial charge in [-0.15, -0.1) is 0 Å². The second kappa shape index (κ2) is 22.9. The number of carbonyl (C=O) groups excluding carboxylic acids is 9. The molecule has 0 amide bonds. The van der Waals surface area contributed by atoms with Crippen LogP contribution < -0.4 is 0 Å². The number of carbonyl (C=O) groups is 9. The van der Waals surface area contributed by atoms with Crippen LogP contribution in [-0.2, 0) is 85.8 Å². The Balaban J connectivity index is 0.000000134. The fraction of sp³-hybridized carbons (Fsp3) is 0.868. The first-order valence-electron chi connectivity index (χ1n) is 33.5. The van der Waals surface area contributed by atoms with Crippen molar-refractivity contribution in [3.63, 3.8) is 0 Å². The summed E-state index contributed by atoms with van der Waals surface area (Å²) in [5.41, 5.74) is -3.02. The molecule has 0 N–H and O–H groups in total. The number of hydrogen-bond acceptors (Lipinski definition) is 18. The Bertz CT molecular complexity index is 2700. The highest BCUT2D eigenvalue weighted by atomic mass is 16.6. The van der Waals surface area contributed by atoms with E-state index in [1.165, 1.54) is 12.8 Å². The van der Waals surface area contributed by atoms with Gasteiger partial charge in [0.15, 0.2) is 0 Å². The van der Waals surface area contributed by atoms with E-state index in [-0.39, 0.29) is 94.8 Å². The van der Waals surface area contributed by atoms with Crippen molar-refractivity contribution in [1.29, 1.82) is 0 Å². The zero-order valence-corrected chi connectivity index (χ0v) is 53.2. The largest absolute Gasteiger partial charge is 0.459 e. The highest BCUT2D eigenvalue weighted by Gasteiger charge is 2.74. The first-order chi connectivity index (χ1) is 40.6. The zero-order valence-electron chi connectivity index (χ0n) is 53.2. The summed E-state index contributed by atoms with van der Waals surface area (Å²) in [6, 6.07) is 0. The van der Waals surface area contributed by atoms with Crippen molar-refractivity contribution < 1.29 is 85.8 Å². The molecule has 13 rings (SSSR count). The van der Waals surface area contributed by atoms with Crippen LogP contribution in [0.2, 0.25) is 0 Å². The number of esters is 9. The maximum atomic E-state index is 13.5. The van der Waals surface area contributed by atoms with E-state index in [1.807, 2.05) is 69.2 Å². The molecule has 3 aliphatic heterocycles. The quantitative estimate of drug-likeness (QED) is 0.0972. The third-order valence-electron chi connectivity index (χ3n) is 25.0. The lowest BCUT2D eigenvalue weighted by Gasteiger charge is -2.39. The standard InChI is InChI=1S/C24H34O6.2C22H32O6/c1-5-23(3,4)22(27)29-19-15-10-14-16(20(25)28-18(14)19)17(15)21(26)30-24(6-2)11-12-7-8-13(24)9-12;1-5-21(2,3)20(25)27-17-13-11-12-14(18(23)26-16(12)17)15(13)19(24)28-22(4)9-7-6-8-10-22;1-5-21(3,4)20(25)27-17-13-11-12-14(18(23)26-16(12)17)15(13)19(24)28-22(6-2)9-7-8-10-22/h12-19H,5-11H2,1-4H3;2*12-17H,5-11H2,1-4H3. The molecule has 13 fully saturated rings. The van der Waals surface area contributed by atoms with Crippen LogP contribution in [0.3, 0.4) is 0 Å². The Morgan fingerprint density at radius 1 is 0.465 bits per heavy atom. The third-order valence-corrected chi connectivity index (χ3v) is 25.0. The second-order valence-electron chi connectivity index (χ2n) is 30.9. The second-order valence-corrected chi connectivity index (χ2v) is 30.9. The number of rotatable bonds is 17. The van der Waals surface area contributed by atoms with Gasteiger partial charge in [-0.2, -0.15) is 0 Å². The van der Waals surface area contributed by atoms with E-state index in [9.17, 15) is 43.2 Å². The minimum atomic E-state index is -0.602. The van der Waals surface area contributed by atoms with Gasteiger partial charge in [0.1, 0.15) is 53.4 Å². The van der Waals surface area contributed by atoms with Gasteiger partial charge >= 0.3 is 53.7 Å². The molecule has 10 aliphatic carbocycles. The summed E-state index contributed by atoms with van der Waals surface area (Å²) in [5.74, 6) is -5.29. The van der Waals surface area contributed by atoms with Crippen molar-refractivity contribution in [2.45, 2.75) is 271 Å². The van der Waals surface area contributed by atoms with E-state index in [0.717, 1.165) is 83.5 Å². The molecule has 10 saturated carbocycles. The molecule has 3 saturated heterocycles. The van der Waals surface area contributed by atoms with Gasteiger partial charge in [0, 0.05) is 35.5 Å². The predicted molar refractivity (Wildman–Crippen MR) is 307 cm³/mol. The lowest BCUT2D eigenvalue weighted by molar-refractivity contribution is -0.182. The first-order valence-corrected chi connectivity index (χ1v) is 33.5. The highest BCUT2D eigenvalue weighted by molar-refractivity contribution is 5.89. The van der Waals surface area contributed by atoms with Crippen molar-refractivity contribution in [3.05, 3.63) is 0 Å². The summed E-state index contributed by atoms with van der Waals surface area (Å²) in [6.07, 6.45) is 16.2. The molecule has 21 unspecified atom stereocenters. The van der Waals surface area contributed by atoms with Gasteiger partial charge in [-0.3, -0.25) is 43.2 Å². The molecule has 86 heavy (non-hydrogen) atoms. The summed E-state index contributed by atoms with van der Waals surface area (Å²) < 4.78 is 52.7. The normalized spacial score (nSPS) is 40.7. The van der Waals surface area contributed by atoms with Crippen molar-refractivity contribution in [2.75, 3.05) is 0 Å². The minimum absolute atomic E-state index is 0.0415. The van der Waals surface area contributed by atoms with Crippen molar-refractivity contribution in [1.82, 2.24) is 0 Å². The summed E-state index contributed by atoms with van der Waals surface area (Å²) in [7, 11) is 0. The van der Waals surface area contributed by atoms with Gasteiger partial charge in [-0.25, -0.2) is 0 Å². The van der Waals surface area contributed by atoms with E-state index in [4.69, 9.17) is 42.6 Å². The molecule has 18 nitrogen and oxygen atoms in total. The lowest BCUT2D eigenvalue weighted by Crippen LogP contribution is -2.48. The Hall–Kier alpha value is -4.77. The van der Waals surface area contributed by atoms with Crippen LogP contribution in [0.4, 0.5) is 0 Å². The minimum Gasteiger partial charge on any atom is -0.459 e. The average Bonchev–Trinajstić information content (AvgIpc) is 1.58. The molecule has 0 radical (unpaired) electrons. The summed E-state index contributed by atoms with van der Waals surface area (Å²) in [5, 5.41) is 0. The van der Waals surface area contributed by atoms with Crippen molar-refractivity contribution >= 4 is 53.7 Å². The summed E-state index contributed by atoms with van der Waals surface area (Å²) in [6.45, 7) is 23.1. The van der Waals surface area contributed by atoms with Crippen LogP contribution in [0.5, 0.6) is 0 Å². The topological polar surface area (TPSA) is 237 Å². The van der Waals surface area contributed by atoms with E-state index in [0.29, 0.717) is 50.4 Å². The number of ether oxygens (including phenoxy) is 9. The molecule has 13 aliphatic rings. The molecule has 478 valence electrons. The van der Waals surface area contributed by atoms with Crippen LogP contribution in [0.1, 0.15) is 218 Å². The Morgan fingerprint density at radius 3 is 1.17 bits per heavy atom. The van der Waals surface area contributed by atoms with Crippen molar-refractivity contribution in [2.24, 2.45) is 99.1 Å². The molecular weight excluding hydrogens is 1100 g/mol. The monoisotopic (exact) mass is 1200 g/mol. The third kappa shape index (κ3) is 10.6. The van der Waals surface area contributed by atoms with Crippen LogP contribution in [0.15, 0.2) is 0 Å². The predicted octanol–water partition coefficient (Wildman–Crippen LogP) is 10.5. The Morgan fingerprint density at radius 2 is 0.837 bits per heavy atom. The molecule has 0 aromatic carbocycles. The van der Waals surface area contributed by atoms with Crippen LogP contribution >= 0.6 is 0 Å². The van der Waals surface area contributed by atoms with Crippen LogP contribution in [-0.4, -0.2) is 107 Å². The number of fused-ring (bicyclic) bond motifs is 5. The van der Waals surface area contributed by atoms with Gasteiger partial charge in [0.2, 0.25) is 0 Å². The highest BCUT2D eigenvalue weighted by Crippen LogP contribution is 2.63.